The standard InChI is InChI=1S/C20H15N3O3/c1-2-26-20(25)15-12-23(19-14(18(15)24)8-5-11-22-19)16-9-3-6-13-7-4-10-21-17(13)16/h3-12H,2H2,1H3. The van der Waals surface area contributed by atoms with Crippen LogP contribution in [0.3, 0.4) is 0 Å². The summed E-state index contributed by atoms with van der Waals surface area (Å²) in [7, 11) is 0. The first-order chi connectivity index (χ1) is 12.7. The molecule has 0 saturated heterocycles. The van der Waals surface area contributed by atoms with Gasteiger partial charge in [-0.15, -0.1) is 0 Å². The Morgan fingerprint density at radius 1 is 1.08 bits per heavy atom. The minimum Gasteiger partial charge on any atom is -0.462 e. The van der Waals surface area contributed by atoms with Gasteiger partial charge in [0.15, 0.2) is 0 Å². The number of hydrogen-bond donors (Lipinski definition) is 0. The van der Waals surface area contributed by atoms with Crippen molar-refractivity contribution in [2.45, 2.75) is 6.92 Å². The first kappa shape index (κ1) is 16.0. The van der Waals surface area contributed by atoms with Gasteiger partial charge in [0, 0.05) is 24.0 Å². The predicted octanol–water partition coefficient (Wildman–Crippen LogP) is 3.11. The SMILES string of the molecule is CCOC(=O)c1cn(-c2cccc3cccnc23)c2ncccc2c1=O. The predicted molar refractivity (Wildman–Crippen MR) is 98.6 cm³/mol. The van der Waals surface area contributed by atoms with Gasteiger partial charge < -0.3 is 4.74 Å². The van der Waals surface area contributed by atoms with Gasteiger partial charge in [0.1, 0.15) is 11.2 Å². The van der Waals surface area contributed by atoms with Gasteiger partial charge in [-0.25, -0.2) is 9.78 Å². The van der Waals surface area contributed by atoms with Crippen LogP contribution in [0.25, 0.3) is 27.6 Å². The number of carbonyl (C=O) groups is 1. The van der Waals surface area contributed by atoms with E-state index in [4.69, 9.17) is 4.74 Å². The molecule has 1 aromatic carbocycles. The van der Waals surface area contributed by atoms with Crippen LogP contribution >= 0.6 is 0 Å². The maximum Gasteiger partial charge on any atom is 0.343 e. The second kappa shape index (κ2) is 6.40. The average molecular weight is 345 g/mol. The van der Waals surface area contributed by atoms with Gasteiger partial charge in [-0.05, 0) is 31.2 Å². The minimum absolute atomic E-state index is 0.0275. The second-order valence-corrected chi connectivity index (χ2v) is 5.69. The summed E-state index contributed by atoms with van der Waals surface area (Å²) >= 11 is 0. The van der Waals surface area contributed by atoms with Crippen LogP contribution in [0.1, 0.15) is 17.3 Å². The smallest absolute Gasteiger partial charge is 0.343 e. The molecule has 0 saturated carbocycles. The molecule has 128 valence electrons. The zero-order valence-corrected chi connectivity index (χ0v) is 14.0. The van der Waals surface area contributed by atoms with Gasteiger partial charge in [0.2, 0.25) is 5.43 Å². The lowest BCUT2D eigenvalue weighted by molar-refractivity contribution is 0.0524. The molecule has 0 spiro atoms. The summed E-state index contributed by atoms with van der Waals surface area (Å²) in [6.07, 6.45) is 4.80. The van der Waals surface area contributed by atoms with Crippen LogP contribution in [0.2, 0.25) is 0 Å². The Morgan fingerprint density at radius 2 is 1.85 bits per heavy atom. The number of para-hydroxylation sites is 1. The van der Waals surface area contributed by atoms with Crippen LogP contribution < -0.4 is 5.43 Å². The van der Waals surface area contributed by atoms with Crippen molar-refractivity contribution in [2.24, 2.45) is 0 Å². The number of hydrogen-bond acceptors (Lipinski definition) is 5. The Hall–Kier alpha value is -3.54. The van der Waals surface area contributed by atoms with Gasteiger partial charge in [-0.1, -0.05) is 18.2 Å². The van der Waals surface area contributed by atoms with Gasteiger partial charge in [0.05, 0.1) is 23.2 Å². The van der Waals surface area contributed by atoms with Crippen molar-refractivity contribution in [3.05, 3.63) is 76.8 Å². The van der Waals surface area contributed by atoms with E-state index in [0.29, 0.717) is 11.0 Å². The number of esters is 1. The fraction of sp³-hybridized carbons (Fsp3) is 0.100. The summed E-state index contributed by atoms with van der Waals surface area (Å²) in [4.78, 5) is 33.8. The highest BCUT2D eigenvalue weighted by molar-refractivity contribution is 5.95. The fourth-order valence-corrected chi connectivity index (χ4v) is 2.98. The van der Waals surface area contributed by atoms with E-state index in [9.17, 15) is 9.59 Å². The Kier molecular flexibility index (Phi) is 3.93. The maximum atomic E-state index is 12.7. The summed E-state index contributed by atoms with van der Waals surface area (Å²) < 4.78 is 6.77. The van der Waals surface area contributed by atoms with Gasteiger partial charge >= 0.3 is 5.97 Å². The van der Waals surface area contributed by atoms with Gasteiger partial charge in [-0.3, -0.25) is 14.3 Å². The first-order valence-electron chi connectivity index (χ1n) is 8.22. The third-order valence-corrected chi connectivity index (χ3v) is 4.13. The number of benzene rings is 1. The number of pyridine rings is 3. The molecule has 6 heteroatoms. The summed E-state index contributed by atoms with van der Waals surface area (Å²) in [5, 5.41) is 1.30. The number of ether oxygens (including phenoxy) is 1. The van der Waals surface area contributed by atoms with E-state index >= 15 is 0 Å². The molecule has 0 unspecified atom stereocenters. The van der Waals surface area contributed by atoms with Crippen LogP contribution in [-0.4, -0.2) is 27.1 Å². The topological polar surface area (TPSA) is 74.1 Å². The normalized spacial score (nSPS) is 11.0. The highest BCUT2D eigenvalue weighted by Crippen LogP contribution is 2.23. The third-order valence-electron chi connectivity index (χ3n) is 4.13. The molecule has 0 bridgehead atoms. The van der Waals surface area contributed by atoms with Crippen LogP contribution in [0.4, 0.5) is 0 Å². The highest BCUT2D eigenvalue weighted by atomic mass is 16.5. The molecule has 0 aliphatic rings. The van der Waals surface area contributed by atoms with E-state index in [1.54, 1.807) is 36.0 Å². The van der Waals surface area contributed by atoms with Crippen LogP contribution in [-0.2, 0) is 4.74 Å². The second-order valence-electron chi connectivity index (χ2n) is 5.69. The molecule has 26 heavy (non-hydrogen) atoms. The monoisotopic (exact) mass is 345 g/mol. The van der Waals surface area contributed by atoms with Crippen molar-refractivity contribution >= 4 is 27.9 Å². The van der Waals surface area contributed by atoms with E-state index in [0.717, 1.165) is 16.6 Å². The van der Waals surface area contributed by atoms with Crippen molar-refractivity contribution in [3.63, 3.8) is 0 Å². The third kappa shape index (κ3) is 2.52. The fourth-order valence-electron chi connectivity index (χ4n) is 2.98. The zero-order valence-electron chi connectivity index (χ0n) is 14.0. The molecule has 3 aromatic heterocycles. The molecule has 0 N–H and O–H groups in total. The lowest BCUT2D eigenvalue weighted by atomic mass is 10.1. The van der Waals surface area contributed by atoms with Crippen molar-refractivity contribution < 1.29 is 9.53 Å². The molecule has 6 nitrogen and oxygen atoms in total. The van der Waals surface area contributed by atoms with Crippen molar-refractivity contribution in [1.82, 2.24) is 14.5 Å². The Balaban J connectivity index is 2.10. The highest BCUT2D eigenvalue weighted by Gasteiger charge is 2.18. The molecular formula is C20H15N3O3. The summed E-state index contributed by atoms with van der Waals surface area (Å²) in [6, 6.07) is 12.9. The van der Waals surface area contributed by atoms with Gasteiger partial charge in [0.25, 0.3) is 0 Å². The summed E-state index contributed by atoms with van der Waals surface area (Å²) in [5.41, 5.74) is 1.53. The Bertz CT molecular complexity index is 1190. The number of rotatable bonds is 3. The largest absolute Gasteiger partial charge is 0.462 e. The van der Waals surface area contributed by atoms with Crippen LogP contribution in [0.15, 0.2) is 65.8 Å². The van der Waals surface area contributed by atoms with E-state index < -0.39 is 11.4 Å². The summed E-state index contributed by atoms with van der Waals surface area (Å²) in [5.74, 6) is -0.648. The van der Waals surface area contributed by atoms with Crippen molar-refractivity contribution in [3.8, 4) is 5.69 Å². The Labute approximate surface area is 148 Å². The van der Waals surface area contributed by atoms with E-state index in [-0.39, 0.29) is 12.2 Å². The molecule has 0 amide bonds. The molecule has 0 atom stereocenters. The minimum atomic E-state index is -0.648. The number of aromatic nitrogens is 3. The molecule has 0 radical (unpaired) electrons. The van der Waals surface area contributed by atoms with Crippen molar-refractivity contribution in [1.29, 1.82) is 0 Å². The molecule has 4 aromatic rings. The number of fused-ring (bicyclic) bond motifs is 2. The zero-order chi connectivity index (χ0) is 18.1. The first-order valence-corrected chi connectivity index (χ1v) is 8.22. The number of carbonyl (C=O) groups excluding carboxylic acids is 1. The van der Waals surface area contributed by atoms with Crippen LogP contribution in [0, 0.1) is 0 Å². The lowest BCUT2D eigenvalue weighted by Gasteiger charge is -2.14. The summed E-state index contributed by atoms with van der Waals surface area (Å²) in [6.45, 7) is 1.90. The lowest BCUT2D eigenvalue weighted by Crippen LogP contribution is -2.21. The molecular weight excluding hydrogens is 330 g/mol. The van der Waals surface area contributed by atoms with Crippen molar-refractivity contribution in [2.75, 3.05) is 6.61 Å². The van der Waals surface area contributed by atoms with Crippen LogP contribution in [0.5, 0.6) is 0 Å². The average Bonchev–Trinajstić information content (AvgIpc) is 2.68. The Morgan fingerprint density at radius 3 is 2.69 bits per heavy atom. The maximum absolute atomic E-state index is 12.7. The van der Waals surface area contributed by atoms with Gasteiger partial charge in [-0.2, -0.15) is 0 Å². The number of nitrogens with zero attached hydrogens (tertiary/aromatic N) is 3. The molecule has 0 fully saturated rings. The molecule has 0 aliphatic carbocycles. The van der Waals surface area contributed by atoms with E-state index in [2.05, 4.69) is 9.97 Å². The molecule has 0 aliphatic heterocycles. The quantitative estimate of drug-likeness (QED) is 0.533. The molecule has 3 heterocycles. The van der Waals surface area contributed by atoms with E-state index in [1.165, 1.54) is 6.20 Å². The molecule has 4 rings (SSSR count). The van der Waals surface area contributed by atoms with E-state index in [1.807, 2.05) is 30.3 Å².